The SMILES string of the molecule is Nc1c(Nc2cccc(Cl)c2)ncnc1Oc1ccc2ccccc2c1. The molecule has 0 spiro atoms. The number of anilines is 3. The molecule has 0 bridgehead atoms. The van der Waals surface area contributed by atoms with E-state index < -0.39 is 0 Å². The second-order valence-electron chi connectivity index (χ2n) is 5.69. The lowest BCUT2D eigenvalue weighted by Crippen LogP contribution is -2.03. The Balaban J connectivity index is 1.62. The van der Waals surface area contributed by atoms with Crippen LogP contribution >= 0.6 is 11.6 Å². The molecule has 4 rings (SSSR count). The van der Waals surface area contributed by atoms with Crippen molar-refractivity contribution in [2.24, 2.45) is 0 Å². The zero-order chi connectivity index (χ0) is 17.9. The summed E-state index contributed by atoms with van der Waals surface area (Å²) < 4.78 is 5.88. The third kappa shape index (κ3) is 3.38. The molecule has 0 saturated heterocycles. The van der Waals surface area contributed by atoms with E-state index in [0.29, 0.717) is 28.2 Å². The van der Waals surface area contributed by atoms with Gasteiger partial charge in [0.25, 0.3) is 0 Å². The Morgan fingerprint density at radius 2 is 1.73 bits per heavy atom. The van der Waals surface area contributed by atoms with Crippen LogP contribution in [0.1, 0.15) is 0 Å². The molecule has 0 aliphatic rings. The number of rotatable bonds is 4. The molecule has 5 nitrogen and oxygen atoms in total. The molecule has 3 N–H and O–H groups in total. The highest BCUT2D eigenvalue weighted by atomic mass is 35.5. The fourth-order valence-corrected chi connectivity index (χ4v) is 2.80. The van der Waals surface area contributed by atoms with Crippen molar-refractivity contribution in [1.82, 2.24) is 9.97 Å². The summed E-state index contributed by atoms with van der Waals surface area (Å²) in [4.78, 5) is 8.33. The van der Waals surface area contributed by atoms with E-state index in [2.05, 4.69) is 15.3 Å². The maximum atomic E-state index is 6.18. The molecule has 6 heteroatoms. The van der Waals surface area contributed by atoms with E-state index >= 15 is 0 Å². The van der Waals surface area contributed by atoms with E-state index in [1.165, 1.54) is 6.33 Å². The molecule has 1 heterocycles. The molecule has 4 aromatic rings. The first-order chi connectivity index (χ1) is 12.7. The number of nitrogen functional groups attached to an aromatic ring is 1. The van der Waals surface area contributed by atoms with Crippen LogP contribution in [0.25, 0.3) is 10.8 Å². The predicted molar refractivity (Wildman–Crippen MR) is 105 cm³/mol. The number of hydrogen-bond acceptors (Lipinski definition) is 5. The zero-order valence-electron chi connectivity index (χ0n) is 13.7. The molecule has 1 aromatic heterocycles. The van der Waals surface area contributed by atoms with Crippen molar-refractivity contribution in [2.75, 3.05) is 11.1 Å². The van der Waals surface area contributed by atoms with E-state index in [0.717, 1.165) is 16.5 Å². The first-order valence-corrected chi connectivity index (χ1v) is 8.36. The number of aromatic nitrogens is 2. The van der Waals surface area contributed by atoms with Crippen LogP contribution in [0, 0.1) is 0 Å². The molecule has 0 aliphatic carbocycles. The summed E-state index contributed by atoms with van der Waals surface area (Å²) in [5.74, 6) is 1.40. The van der Waals surface area contributed by atoms with Crippen molar-refractivity contribution in [2.45, 2.75) is 0 Å². The van der Waals surface area contributed by atoms with Crippen molar-refractivity contribution >= 4 is 39.6 Å². The Morgan fingerprint density at radius 3 is 2.58 bits per heavy atom. The largest absolute Gasteiger partial charge is 0.437 e. The topological polar surface area (TPSA) is 73.1 Å². The smallest absolute Gasteiger partial charge is 0.248 e. The fourth-order valence-electron chi connectivity index (χ4n) is 2.61. The number of benzene rings is 3. The number of fused-ring (bicyclic) bond motifs is 1. The van der Waals surface area contributed by atoms with Gasteiger partial charge in [0, 0.05) is 10.7 Å². The molecule has 0 amide bonds. The fraction of sp³-hybridized carbons (Fsp3) is 0. The standard InChI is InChI=1S/C20H15ClN4O/c21-15-6-3-7-16(11-15)25-19-18(22)20(24-12-23-19)26-17-9-8-13-4-1-2-5-14(13)10-17/h1-12H,22H2,(H,23,24,25). The van der Waals surface area contributed by atoms with Crippen LogP contribution in [0.2, 0.25) is 5.02 Å². The second-order valence-corrected chi connectivity index (χ2v) is 6.12. The minimum Gasteiger partial charge on any atom is -0.437 e. The highest BCUT2D eigenvalue weighted by Crippen LogP contribution is 2.32. The number of hydrogen-bond donors (Lipinski definition) is 2. The molecule has 0 atom stereocenters. The lowest BCUT2D eigenvalue weighted by molar-refractivity contribution is 0.465. The van der Waals surface area contributed by atoms with Crippen LogP contribution in [-0.2, 0) is 0 Å². The average Bonchev–Trinajstić information content (AvgIpc) is 2.65. The van der Waals surface area contributed by atoms with Crippen molar-refractivity contribution in [3.8, 4) is 11.6 Å². The normalized spacial score (nSPS) is 10.7. The van der Waals surface area contributed by atoms with Gasteiger partial charge in [-0.3, -0.25) is 0 Å². The predicted octanol–water partition coefficient (Wildman–Crippen LogP) is 5.40. The van der Waals surface area contributed by atoms with Crippen LogP contribution in [0.4, 0.5) is 17.2 Å². The minimum absolute atomic E-state index is 0.291. The lowest BCUT2D eigenvalue weighted by atomic mass is 10.1. The first-order valence-electron chi connectivity index (χ1n) is 7.99. The van der Waals surface area contributed by atoms with Gasteiger partial charge in [0.05, 0.1) is 0 Å². The number of nitrogens with two attached hydrogens (primary N) is 1. The Bertz CT molecular complexity index is 1080. The molecule has 0 unspecified atom stereocenters. The van der Waals surface area contributed by atoms with Gasteiger partial charge in [-0.05, 0) is 41.1 Å². The van der Waals surface area contributed by atoms with E-state index in [9.17, 15) is 0 Å². The Labute approximate surface area is 155 Å². The van der Waals surface area contributed by atoms with Gasteiger partial charge in [-0.1, -0.05) is 48.0 Å². The average molecular weight is 363 g/mol. The van der Waals surface area contributed by atoms with Crippen molar-refractivity contribution in [1.29, 1.82) is 0 Å². The monoisotopic (exact) mass is 362 g/mol. The van der Waals surface area contributed by atoms with Crippen LogP contribution < -0.4 is 15.8 Å². The molecule has 128 valence electrons. The molecule has 0 saturated carbocycles. The number of ether oxygens (including phenoxy) is 1. The molecule has 26 heavy (non-hydrogen) atoms. The van der Waals surface area contributed by atoms with Crippen molar-refractivity contribution in [3.05, 3.63) is 78.1 Å². The Morgan fingerprint density at radius 1 is 0.885 bits per heavy atom. The maximum Gasteiger partial charge on any atom is 0.248 e. The summed E-state index contributed by atoms with van der Waals surface area (Å²) in [6.45, 7) is 0. The molecular weight excluding hydrogens is 348 g/mol. The third-order valence-corrected chi connectivity index (χ3v) is 4.11. The van der Waals surface area contributed by atoms with Crippen LogP contribution in [0.5, 0.6) is 11.6 Å². The van der Waals surface area contributed by atoms with Crippen molar-refractivity contribution < 1.29 is 4.74 Å². The highest BCUT2D eigenvalue weighted by Gasteiger charge is 2.11. The van der Waals surface area contributed by atoms with Gasteiger partial charge in [-0.25, -0.2) is 4.98 Å². The summed E-state index contributed by atoms with van der Waals surface area (Å²) in [7, 11) is 0. The lowest BCUT2D eigenvalue weighted by Gasteiger charge is -2.12. The van der Waals surface area contributed by atoms with Gasteiger partial charge in [-0.2, -0.15) is 4.98 Å². The second kappa shape index (κ2) is 6.90. The van der Waals surface area contributed by atoms with Crippen molar-refractivity contribution in [3.63, 3.8) is 0 Å². The number of halogens is 1. The van der Waals surface area contributed by atoms with Gasteiger partial charge >= 0.3 is 0 Å². The Kier molecular flexibility index (Phi) is 4.29. The molecular formula is C20H15ClN4O. The van der Waals surface area contributed by atoms with Crippen LogP contribution in [-0.4, -0.2) is 9.97 Å². The summed E-state index contributed by atoms with van der Waals surface area (Å²) >= 11 is 6.01. The molecule has 0 fully saturated rings. The van der Waals surface area contributed by atoms with E-state index in [1.807, 2.05) is 54.6 Å². The first kappa shape index (κ1) is 16.2. The highest BCUT2D eigenvalue weighted by molar-refractivity contribution is 6.30. The van der Waals surface area contributed by atoms with Gasteiger partial charge in [0.15, 0.2) is 5.82 Å². The van der Waals surface area contributed by atoms with E-state index in [1.54, 1.807) is 12.1 Å². The number of nitrogens with one attached hydrogen (secondary N) is 1. The molecule has 0 aliphatic heterocycles. The quantitative estimate of drug-likeness (QED) is 0.508. The Hall–Kier alpha value is -3.31. The summed E-state index contributed by atoms with van der Waals surface area (Å²) in [5, 5.41) is 5.97. The maximum absolute atomic E-state index is 6.18. The van der Waals surface area contributed by atoms with Crippen LogP contribution in [0.15, 0.2) is 73.1 Å². The van der Waals surface area contributed by atoms with Gasteiger partial charge in [0.2, 0.25) is 5.88 Å². The van der Waals surface area contributed by atoms with Crippen LogP contribution in [0.3, 0.4) is 0 Å². The molecule has 0 radical (unpaired) electrons. The zero-order valence-corrected chi connectivity index (χ0v) is 14.4. The summed E-state index contributed by atoms with van der Waals surface area (Å²) in [5.41, 5.74) is 7.28. The molecule has 3 aromatic carbocycles. The third-order valence-electron chi connectivity index (χ3n) is 3.87. The van der Waals surface area contributed by atoms with Gasteiger partial charge in [0.1, 0.15) is 17.8 Å². The van der Waals surface area contributed by atoms with Gasteiger partial charge in [-0.15, -0.1) is 0 Å². The summed E-state index contributed by atoms with van der Waals surface area (Å²) in [6, 6.07) is 21.2. The minimum atomic E-state index is 0.291. The van der Waals surface area contributed by atoms with E-state index in [-0.39, 0.29) is 0 Å². The number of nitrogens with zero attached hydrogens (tertiary/aromatic N) is 2. The van der Waals surface area contributed by atoms with Gasteiger partial charge < -0.3 is 15.8 Å². The summed E-state index contributed by atoms with van der Waals surface area (Å²) in [6.07, 6.45) is 1.40. The van der Waals surface area contributed by atoms with E-state index in [4.69, 9.17) is 22.1 Å².